The Morgan fingerprint density at radius 2 is 2.13 bits per heavy atom. The second-order valence-electron chi connectivity index (χ2n) is 4.02. The molecule has 0 aliphatic carbocycles. The van der Waals surface area contributed by atoms with Crippen LogP contribution in [0.2, 0.25) is 5.02 Å². The Labute approximate surface area is 97.0 Å². The highest BCUT2D eigenvalue weighted by Gasteiger charge is 2.09. The van der Waals surface area contributed by atoms with E-state index < -0.39 is 0 Å². The Morgan fingerprint density at radius 1 is 1.47 bits per heavy atom. The quantitative estimate of drug-likeness (QED) is 0.800. The van der Waals surface area contributed by atoms with Gasteiger partial charge in [0.05, 0.1) is 0 Å². The molecule has 15 heavy (non-hydrogen) atoms. The van der Waals surface area contributed by atoms with Gasteiger partial charge in [-0.1, -0.05) is 18.5 Å². The fourth-order valence-corrected chi connectivity index (χ4v) is 1.63. The smallest absolute Gasteiger partial charge is 0.0452 e. The second kappa shape index (κ2) is 5.38. The number of rotatable bonds is 4. The van der Waals surface area contributed by atoms with E-state index in [4.69, 9.17) is 17.3 Å². The first-order valence-corrected chi connectivity index (χ1v) is 5.66. The lowest BCUT2D eigenvalue weighted by Crippen LogP contribution is -2.27. The van der Waals surface area contributed by atoms with Crippen LogP contribution in [0.25, 0.3) is 0 Å². The van der Waals surface area contributed by atoms with Gasteiger partial charge in [-0.05, 0) is 44.2 Å². The van der Waals surface area contributed by atoms with Crippen molar-refractivity contribution in [3.63, 3.8) is 0 Å². The first kappa shape index (κ1) is 12.3. The highest BCUT2D eigenvalue weighted by atomic mass is 35.5. The summed E-state index contributed by atoms with van der Waals surface area (Å²) in [5.74, 6) is 0. The van der Waals surface area contributed by atoms with Gasteiger partial charge in [-0.3, -0.25) is 4.90 Å². The van der Waals surface area contributed by atoms with Crippen LogP contribution >= 0.6 is 11.6 Å². The molecule has 0 amide bonds. The van der Waals surface area contributed by atoms with Crippen LogP contribution in [0.3, 0.4) is 0 Å². The second-order valence-corrected chi connectivity index (χ2v) is 4.43. The van der Waals surface area contributed by atoms with Gasteiger partial charge in [0, 0.05) is 23.3 Å². The monoisotopic (exact) mass is 226 g/mol. The molecule has 0 saturated carbocycles. The van der Waals surface area contributed by atoms with Crippen molar-refractivity contribution in [2.75, 3.05) is 12.8 Å². The van der Waals surface area contributed by atoms with Crippen LogP contribution in [0.4, 0.5) is 5.69 Å². The lowest BCUT2D eigenvalue weighted by atomic mass is 10.1. The fourth-order valence-electron chi connectivity index (χ4n) is 1.45. The summed E-state index contributed by atoms with van der Waals surface area (Å²) in [6.07, 6.45) is 1.14. The summed E-state index contributed by atoms with van der Waals surface area (Å²) in [6.45, 7) is 5.24. The molecule has 1 aromatic rings. The van der Waals surface area contributed by atoms with E-state index in [1.165, 1.54) is 0 Å². The molecule has 0 spiro atoms. The zero-order chi connectivity index (χ0) is 11.4. The van der Waals surface area contributed by atoms with Gasteiger partial charge in [-0.2, -0.15) is 0 Å². The number of nitrogen functional groups attached to an aromatic ring is 1. The van der Waals surface area contributed by atoms with Crippen LogP contribution in [0.1, 0.15) is 25.8 Å². The van der Waals surface area contributed by atoms with Gasteiger partial charge in [0.2, 0.25) is 0 Å². The molecule has 0 radical (unpaired) electrons. The highest BCUT2D eigenvalue weighted by molar-refractivity contribution is 6.31. The van der Waals surface area contributed by atoms with Crippen molar-refractivity contribution in [3.8, 4) is 0 Å². The van der Waals surface area contributed by atoms with E-state index in [0.29, 0.717) is 6.04 Å². The van der Waals surface area contributed by atoms with Crippen molar-refractivity contribution < 1.29 is 0 Å². The molecular formula is C12H19ClN2. The molecule has 2 nitrogen and oxygen atoms in total. The lowest BCUT2D eigenvalue weighted by Gasteiger charge is -2.24. The third kappa shape index (κ3) is 3.40. The lowest BCUT2D eigenvalue weighted by molar-refractivity contribution is 0.244. The van der Waals surface area contributed by atoms with E-state index in [2.05, 4.69) is 25.8 Å². The minimum absolute atomic E-state index is 0.558. The predicted molar refractivity (Wildman–Crippen MR) is 67.1 cm³/mol. The van der Waals surface area contributed by atoms with E-state index in [0.717, 1.165) is 29.2 Å². The van der Waals surface area contributed by atoms with Crippen molar-refractivity contribution in [1.82, 2.24) is 4.90 Å². The molecule has 0 aliphatic rings. The standard InChI is InChI=1S/C12H19ClN2/c1-4-9(2)15(3)8-10-7-11(14)5-6-12(10)13/h5-7,9H,4,8,14H2,1-3H3. The number of anilines is 1. The van der Waals surface area contributed by atoms with Crippen molar-refractivity contribution in [3.05, 3.63) is 28.8 Å². The van der Waals surface area contributed by atoms with Crippen LogP contribution in [0.15, 0.2) is 18.2 Å². The molecular weight excluding hydrogens is 208 g/mol. The van der Waals surface area contributed by atoms with Gasteiger partial charge in [0.25, 0.3) is 0 Å². The minimum atomic E-state index is 0.558. The van der Waals surface area contributed by atoms with Crippen molar-refractivity contribution in [2.24, 2.45) is 0 Å². The van der Waals surface area contributed by atoms with E-state index >= 15 is 0 Å². The molecule has 1 aromatic carbocycles. The average Bonchev–Trinajstić information content (AvgIpc) is 2.22. The Morgan fingerprint density at radius 3 is 2.73 bits per heavy atom. The molecule has 2 N–H and O–H groups in total. The zero-order valence-corrected chi connectivity index (χ0v) is 10.4. The van der Waals surface area contributed by atoms with Gasteiger partial charge >= 0.3 is 0 Å². The molecule has 0 fully saturated rings. The van der Waals surface area contributed by atoms with Crippen LogP contribution < -0.4 is 5.73 Å². The summed E-state index contributed by atoms with van der Waals surface area (Å²) >= 11 is 6.11. The summed E-state index contributed by atoms with van der Waals surface area (Å²) in [7, 11) is 2.10. The highest BCUT2D eigenvalue weighted by Crippen LogP contribution is 2.21. The van der Waals surface area contributed by atoms with Gasteiger partial charge in [0.1, 0.15) is 0 Å². The van der Waals surface area contributed by atoms with E-state index in [1.807, 2.05) is 18.2 Å². The first-order valence-electron chi connectivity index (χ1n) is 5.28. The van der Waals surface area contributed by atoms with Crippen molar-refractivity contribution in [2.45, 2.75) is 32.9 Å². The molecule has 1 unspecified atom stereocenters. The van der Waals surface area contributed by atoms with Crippen molar-refractivity contribution in [1.29, 1.82) is 0 Å². The fraction of sp³-hybridized carbons (Fsp3) is 0.500. The zero-order valence-electron chi connectivity index (χ0n) is 9.63. The minimum Gasteiger partial charge on any atom is -0.399 e. The van der Waals surface area contributed by atoms with Gasteiger partial charge in [-0.15, -0.1) is 0 Å². The van der Waals surface area contributed by atoms with Crippen LogP contribution in [0.5, 0.6) is 0 Å². The number of halogens is 1. The summed E-state index contributed by atoms with van der Waals surface area (Å²) in [4.78, 5) is 2.28. The molecule has 3 heteroatoms. The number of nitrogens with zero attached hydrogens (tertiary/aromatic N) is 1. The maximum Gasteiger partial charge on any atom is 0.0452 e. The Balaban J connectivity index is 2.75. The summed E-state index contributed by atoms with van der Waals surface area (Å²) in [5.41, 5.74) is 7.60. The molecule has 1 atom stereocenters. The Bertz CT molecular complexity index is 325. The van der Waals surface area contributed by atoms with Gasteiger partial charge < -0.3 is 5.73 Å². The largest absolute Gasteiger partial charge is 0.399 e. The van der Waals surface area contributed by atoms with E-state index in [1.54, 1.807) is 0 Å². The molecule has 0 heterocycles. The third-order valence-corrected chi connectivity index (χ3v) is 3.20. The third-order valence-electron chi connectivity index (χ3n) is 2.83. The summed E-state index contributed by atoms with van der Waals surface area (Å²) in [6, 6.07) is 6.19. The van der Waals surface area contributed by atoms with Crippen LogP contribution in [-0.4, -0.2) is 18.0 Å². The summed E-state index contributed by atoms with van der Waals surface area (Å²) in [5, 5.41) is 0.791. The number of nitrogens with two attached hydrogens (primary N) is 1. The van der Waals surface area contributed by atoms with Gasteiger partial charge in [-0.25, -0.2) is 0 Å². The SMILES string of the molecule is CCC(C)N(C)Cc1cc(N)ccc1Cl. The predicted octanol–water partition coefficient (Wildman–Crippen LogP) is 3.15. The average molecular weight is 227 g/mol. The number of hydrogen-bond acceptors (Lipinski definition) is 2. The van der Waals surface area contributed by atoms with Crippen molar-refractivity contribution >= 4 is 17.3 Å². The first-order chi connectivity index (χ1) is 7.04. The van der Waals surface area contributed by atoms with E-state index in [9.17, 15) is 0 Å². The maximum atomic E-state index is 6.11. The Kier molecular flexibility index (Phi) is 4.43. The molecule has 1 rings (SSSR count). The van der Waals surface area contributed by atoms with Crippen LogP contribution in [0, 0.1) is 0 Å². The molecule has 84 valence electrons. The molecule has 0 saturated heterocycles. The van der Waals surface area contributed by atoms with Gasteiger partial charge in [0.15, 0.2) is 0 Å². The number of hydrogen-bond donors (Lipinski definition) is 1. The van der Waals surface area contributed by atoms with Crippen LogP contribution in [-0.2, 0) is 6.54 Å². The molecule has 0 bridgehead atoms. The normalized spacial score (nSPS) is 13.1. The molecule has 0 aliphatic heterocycles. The Hall–Kier alpha value is -0.730. The molecule has 0 aromatic heterocycles. The van der Waals surface area contributed by atoms with E-state index in [-0.39, 0.29) is 0 Å². The topological polar surface area (TPSA) is 29.3 Å². The summed E-state index contributed by atoms with van der Waals surface area (Å²) < 4.78 is 0. The number of benzene rings is 1. The maximum absolute atomic E-state index is 6.11.